The third-order valence-electron chi connectivity index (χ3n) is 3.52. The molecule has 0 fully saturated rings. The smallest absolute Gasteiger partial charge is 0.264 e. The van der Waals surface area contributed by atoms with Crippen molar-refractivity contribution < 1.29 is 17.2 Å². The van der Waals surface area contributed by atoms with E-state index in [1.807, 2.05) is 6.07 Å². The fourth-order valence-electron chi connectivity index (χ4n) is 2.48. The number of sulfonamides is 1. The van der Waals surface area contributed by atoms with Crippen LogP contribution >= 0.6 is 0 Å². The summed E-state index contributed by atoms with van der Waals surface area (Å²) in [5.74, 6) is -2.32. The van der Waals surface area contributed by atoms with E-state index in [0.717, 1.165) is 24.5 Å². The number of hydrogen-bond donors (Lipinski definition) is 2. The van der Waals surface area contributed by atoms with Crippen LogP contribution in [0.5, 0.6) is 0 Å². The van der Waals surface area contributed by atoms with E-state index in [-0.39, 0.29) is 4.90 Å². The molecule has 4 nitrogen and oxygen atoms in total. The zero-order valence-corrected chi connectivity index (χ0v) is 12.4. The Morgan fingerprint density at radius 1 is 1.09 bits per heavy atom. The van der Waals surface area contributed by atoms with E-state index in [0.29, 0.717) is 12.2 Å². The topological polar surface area (TPSA) is 58.2 Å². The van der Waals surface area contributed by atoms with Gasteiger partial charge < -0.3 is 5.32 Å². The average molecular weight is 324 g/mol. The van der Waals surface area contributed by atoms with Crippen molar-refractivity contribution >= 4 is 21.4 Å². The van der Waals surface area contributed by atoms with Crippen molar-refractivity contribution in [2.45, 2.75) is 17.7 Å². The molecule has 0 amide bonds. The SMILES string of the molecule is O=S(=O)(Nc1cccc(F)c1F)c1cccc2c1NCCC2. The predicted octanol–water partition coefficient (Wildman–Crippen LogP) is 3.12. The summed E-state index contributed by atoms with van der Waals surface area (Å²) in [6.07, 6.45) is 1.70. The van der Waals surface area contributed by atoms with Gasteiger partial charge in [-0.05, 0) is 36.6 Å². The first-order valence-electron chi connectivity index (χ1n) is 6.81. The van der Waals surface area contributed by atoms with Gasteiger partial charge in [0.25, 0.3) is 10.0 Å². The Labute approximate surface area is 127 Å². The fraction of sp³-hybridized carbons (Fsp3) is 0.200. The zero-order chi connectivity index (χ0) is 15.7. The number of aryl methyl sites for hydroxylation is 1. The minimum atomic E-state index is -4.01. The quantitative estimate of drug-likeness (QED) is 0.912. The predicted molar refractivity (Wildman–Crippen MR) is 80.4 cm³/mol. The van der Waals surface area contributed by atoms with Crippen LogP contribution in [-0.2, 0) is 16.4 Å². The Morgan fingerprint density at radius 3 is 2.68 bits per heavy atom. The Balaban J connectivity index is 2.02. The van der Waals surface area contributed by atoms with Crippen molar-refractivity contribution in [3.63, 3.8) is 0 Å². The van der Waals surface area contributed by atoms with E-state index in [9.17, 15) is 17.2 Å². The molecule has 116 valence electrons. The third-order valence-corrected chi connectivity index (χ3v) is 4.93. The molecule has 0 atom stereocenters. The summed E-state index contributed by atoms with van der Waals surface area (Å²) in [7, 11) is -4.01. The molecule has 2 aromatic carbocycles. The van der Waals surface area contributed by atoms with E-state index in [2.05, 4.69) is 10.0 Å². The highest BCUT2D eigenvalue weighted by Crippen LogP contribution is 2.31. The third kappa shape index (κ3) is 2.64. The largest absolute Gasteiger partial charge is 0.384 e. The summed E-state index contributed by atoms with van der Waals surface area (Å²) in [6.45, 7) is 0.674. The van der Waals surface area contributed by atoms with Gasteiger partial charge in [0.05, 0.1) is 11.4 Å². The standard InChI is InChI=1S/C15H14F2N2O2S/c16-11-6-2-7-12(14(11)17)19-22(20,21)13-8-1-4-10-5-3-9-18-15(10)13/h1-2,4,6-8,18-19H,3,5,9H2. The number of fused-ring (bicyclic) bond motifs is 1. The molecule has 22 heavy (non-hydrogen) atoms. The second-order valence-electron chi connectivity index (χ2n) is 5.03. The maximum Gasteiger partial charge on any atom is 0.264 e. The highest BCUT2D eigenvalue weighted by Gasteiger charge is 2.24. The van der Waals surface area contributed by atoms with Crippen LogP contribution in [0.4, 0.5) is 20.2 Å². The normalized spacial score (nSPS) is 14.1. The van der Waals surface area contributed by atoms with Gasteiger partial charge in [0.1, 0.15) is 4.90 Å². The molecular weight excluding hydrogens is 310 g/mol. The molecule has 2 aromatic rings. The van der Waals surface area contributed by atoms with Gasteiger partial charge in [-0.2, -0.15) is 0 Å². The number of benzene rings is 2. The highest BCUT2D eigenvalue weighted by molar-refractivity contribution is 7.92. The van der Waals surface area contributed by atoms with Crippen molar-refractivity contribution in [2.24, 2.45) is 0 Å². The molecule has 0 bridgehead atoms. The highest BCUT2D eigenvalue weighted by atomic mass is 32.2. The molecule has 1 aliphatic heterocycles. The molecule has 0 spiro atoms. The molecule has 0 radical (unpaired) electrons. The van der Waals surface area contributed by atoms with E-state index in [4.69, 9.17) is 0 Å². The first kappa shape index (κ1) is 14.8. The summed E-state index contributed by atoms with van der Waals surface area (Å²) in [5.41, 5.74) is 1.01. The summed E-state index contributed by atoms with van der Waals surface area (Å²) in [4.78, 5) is 0.0355. The zero-order valence-electron chi connectivity index (χ0n) is 11.6. The molecule has 1 aliphatic rings. The second-order valence-corrected chi connectivity index (χ2v) is 6.68. The molecule has 7 heteroatoms. The Hall–Kier alpha value is -2.15. The summed E-state index contributed by atoms with van der Waals surface area (Å²) in [5, 5.41) is 3.06. The monoisotopic (exact) mass is 324 g/mol. The van der Waals surface area contributed by atoms with Crippen molar-refractivity contribution in [3.05, 3.63) is 53.6 Å². The Morgan fingerprint density at radius 2 is 1.86 bits per heavy atom. The summed E-state index contributed by atoms with van der Waals surface area (Å²) in [6, 6.07) is 8.29. The van der Waals surface area contributed by atoms with E-state index >= 15 is 0 Å². The van der Waals surface area contributed by atoms with E-state index in [1.54, 1.807) is 6.07 Å². The van der Waals surface area contributed by atoms with Gasteiger partial charge in [0, 0.05) is 6.54 Å². The lowest BCUT2D eigenvalue weighted by molar-refractivity contribution is 0.511. The molecule has 0 aromatic heterocycles. The number of halogens is 2. The van der Waals surface area contributed by atoms with Crippen molar-refractivity contribution in [1.29, 1.82) is 0 Å². The van der Waals surface area contributed by atoms with Crippen LogP contribution in [0.15, 0.2) is 41.3 Å². The molecule has 0 unspecified atom stereocenters. The van der Waals surface area contributed by atoms with Gasteiger partial charge in [-0.25, -0.2) is 17.2 Å². The first-order chi connectivity index (χ1) is 10.5. The first-order valence-corrected chi connectivity index (χ1v) is 8.30. The van der Waals surface area contributed by atoms with Crippen LogP contribution in [0, 0.1) is 11.6 Å². The lowest BCUT2D eigenvalue weighted by atomic mass is 10.0. The van der Waals surface area contributed by atoms with Crippen LogP contribution in [0.2, 0.25) is 0 Å². The van der Waals surface area contributed by atoms with Gasteiger partial charge in [-0.15, -0.1) is 0 Å². The lowest BCUT2D eigenvalue weighted by Crippen LogP contribution is -2.20. The summed E-state index contributed by atoms with van der Waals surface area (Å²) < 4.78 is 54.0. The van der Waals surface area contributed by atoms with Crippen LogP contribution < -0.4 is 10.0 Å². The maximum absolute atomic E-state index is 13.7. The molecule has 1 heterocycles. The van der Waals surface area contributed by atoms with Crippen molar-refractivity contribution in [1.82, 2.24) is 0 Å². The number of para-hydroxylation sites is 1. The minimum Gasteiger partial charge on any atom is -0.384 e. The van der Waals surface area contributed by atoms with E-state index < -0.39 is 27.3 Å². The Kier molecular flexibility index (Phi) is 3.74. The van der Waals surface area contributed by atoms with Crippen LogP contribution in [-0.4, -0.2) is 15.0 Å². The molecule has 0 aliphatic carbocycles. The van der Waals surface area contributed by atoms with Gasteiger partial charge in [0.15, 0.2) is 11.6 Å². The van der Waals surface area contributed by atoms with Crippen molar-refractivity contribution in [3.8, 4) is 0 Å². The van der Waals surface area contributed by atoms with Gasteiger partial charge in [-0.3, -0.25) is 4.72 Å². The van der Waals surface area contributed by atoms with Gasteiger partial charge >= 0.3 is 0 Å². The van der Waals surface area contributed by atoms with E-state index in [1.165, 1.54) is 18.2 Å². The minimum absolute atomic E-state index is 0.0355. The molecule has 0 saturated carbocycles. The van der Waals surface area contributed by atoms with Gasteiger partial charge in [-0.1, -0.05) is 18.2 Å². The molecule has 0 saturated heterocycles. The van der Waals surface area contributed by atoms with Gasteiger partial charge in [0.2, 0.25) is 0 Å². The average Bonchev–Trinajstić information content (AvgIpc) is 2.51. The number of rotatable bonds is 3. The number of hydrogen-bond acceptors (Lipinski definition) is 3. The Bertz CT molecular complexity index is 822. The van der Waals surface area contributed by atoms with Crippen LogP contribution in [0.1, 0.15) is 12.0 Å². The lowest BCUT2D eigenvalue weighted by Gasteiger charge is -2.21. The molecule has 2 N–H and O–H groups in total. The number of nitrogens with one attached hydrogen (secondary N) is 2. The second kappa shape index (κ2) is 5.57. The summed E-state index contributed by atoms with van der Waals surface area (Å²) >= 11 is 0. The number of anilines is 2. The maximum atomic E-state index is 13.7. The molecular formula is C15H14F2N2O2S. The van der Waals surface area contributed by atoms with Crippen LogP contribution in [0.25, 0.3) is 0 Å². The van der Waals surface area contributed by atoms with Crippen LogP contribution in [0.3, 0.4) is 0 Å². The van der Waals surface area contributed by atoms with Crippen molar-refractivity contribution in [2.75, 3.05) is 16.6 Å². The molecule has 3 rings (SSSR count). The fourth-order valence-corrected chi connectivity index (χ4v) is 3.77.